The van der Waals surface area contributed by atoms with Gasteiger partial charge < -0.3 is 19.4 Å². The maximum atomic E-state index is 13.5. The summed E-state index contributed by atoms with van der Waals surface area (Å²) in [5, 5.41) is 3.06. The molecule has 0 aromatic heterocycles. The Hall–Kier alpha value is -1.77. The lowest BCUT2D eigenvalue weighted by molar-refractivity contribution is -0.870. The molecule has 0 rings (SSSR count). The predicted octanol–water partition coefficient (Wildman–Crippen LogP) is 18.3. The first-order valence-corrected chi connectivity index (χ1v) is 31.8. The van der Waals surface area contributed by atoms with Gasteiger partial charge in [0.1, 0.15) is 19.3 Å². The van der Waals surface area contributed by atoms with Crippen LogP contribution in [0.25, 0.3) is 0 Å². The Balaban J connectivity index is 5.20. The van der Waals surface area contributed by atoms with Gasteiger partial charge in [0.2, 0.25) is 5.91 Å². The second kappa shape index (κ2) is 51.7. The number of nitrogens with one attached hydrogen (secondary N) is 1. The fraction of sp³-hybridized carbons (Fsp3) is 0.869. The SMILES string of the molecule is CCCCC/C=C\C/C=C\CCCCCCCCCCCCCC(=O)NC(COP(=O)(O)OCC[N+](C)(C)C)C(/C=C/CCCCCCCCCCCCC)OC(=O)CCCCCCCCCCCCC. The van der Waals surface area contributed by atoms with Gasteiger partial charge in [-0.1, -0.05) is 250 Å². The van der Waals surface area contributed by atoms with Gasteiger partial charge in [-0.3, -0.25) is 18.6 Å². The summed E-state index contributed by atoms with van der Waals surface area (Å²) in [6.45, 7) is 7.00. The van der Waals surface area contributed by atoms with Crippen molar-refractivity contribution in [2.75, 3.05) is 40.9 Å². The summed E-state index contributed by atoms with van der Waals surface area (Å²) in [4.78, 5) is 37.6. The number of nitrogens with zero attached hydrogens (tertiary/aromatic N) is 1. The van der Waals surface area contributed by atoms with Gasteiger partial charge in [-0.2, -0.15) is 0 Å². The summed E-state index contributed by atoms with van der Waals surface area (Å²) in [5.74, 6) is -0.497. The fourth-order valence-corrected chi connectivity index (χ4v) is 9.59. The number of ether oxygens (including phenoxy) is 1. The quantitative estimate of drug-likeness (QED) is 0.0205. The zero-order valence-electron chi connectivity index (χ0n) is 47.7. The molecule has 0 aliphatic rings. The van der Waals surface area contributed by atoms with Gasteiger partial charge in [0.25, 0.3) is 0 Å². The van der Waals surface area contributed by atoms with Crippen LogP contribution < -0.4 is 5.32 Å². The largest absolute Gasteiger partial charge is 0.472 e. The highest BCUT2D eigenvalue weighted by atomic mass is 31.2. The molecule has 0 heterocycles. The van der Waals surface area contributed by atoms with Crippen LogP contribution in [0.15, 0.2) is 36.5 Å². The number of hydrogen-bond donors (Lipinski definition) is 2. The van der Waals surface area contributed by atoms with Crippen molar-refractivity contribution in [3.05, 3.63) is 36.5 Å². The third-order valence-corrected chi connectivity index (χ3v) is 14.6. The number of likely N-dealkylation sites (N-methyl/N-ethyl adjacent to an activating group) is 1. The van der Waals surface area contributed by atoms with Gasteiger partial charge >= 0.3 is 13.8 Å². The van der Waals surface area contributed by atoms with Crippen LogP contribution in [-0.4, -0.2) is 74.3 Å². The summed E-state index contributed by atoms with van der Waals surface area (Å²) >= 11 is 0. The van der Waals surface area contributed by atoms with Crippen LogP contribution >= 0.6 is 7.82 Å². The van der Waals surface area contributed by atoms with E-state index in [9.17, 15) is 19.0 Å². The van der Waals surface area contributed by atoms with E-state index in [2.05, 4.69) is 50.4 Å². The van der Waals surface area contributed by atoms with Crippen molar-refractivity contribution in [2.45, 2.75) is 303 Å². The minimum atomic E-state index is -4.44. The molecule has 0 aliphatic carbocycles. The lowest BCUT2D eigenvalue weighted by Gasteiger charge is -2.27. The first-order chi connectivity index (χ1) is 34.4. The molecule has 3 atom stereocenters. The first kappa shape index (κ1) is 69.2. The van der Waals surface area contributed by atoms with Crippen molar-refractivity contribution in [1.82, 2.24) is 5.32 Å². The molecule has 0 spiro atoms. The molecule has 0 fully saturated rings. The van der Waals surface area contributed by atoms with Crippen LogP contribution in [0.5, 0.6) is 0 Å². The Morgan fingerprint density at radius 2 is 0.859 bits per heavy atom. The number of carbonyl (C=O) groups is 2. The molecule has 1 amide bonds. The number of phosphoric ester groups is 1. The fourth-order valence-electron chi connectivity index (χ4n) is 8.85. The highest BCUT2D eigenvalue weighted by molar-refractivity contribution is 7.47. The Bertz CT molecular complexity index is 1310. The van der Waals surface area contributed by atoms with E-state index in [0.717, 1.165) is 64.2 Å². The number of rotatable bonds is 55. The zero-order chi connectivity index (χ0) is 52.2. The lowest BCUT2D eigenvalue weighted by atomic mass is 10.0. The van der Waals surface area contributed by atoms with Gasteiger partial charge in [0.05, 0.1) is 33.8 Å². The van der Waals surface area contributed by atoms with Crippen LogP contribution in [0.4, 0.5) is 0 Å². The summed E-state index contributed by atoms with van der Waals surface area (Å²) < 4.78 is 30.6. The number of allylic oxidation sites excluding steroid dienone is 5. The highest BCUT2D eigenvalue weighted by Gasteiger charge is 2.30. The van der Waals surface area contributed by atoms with Crippen molar-refractivity contribution in [3.63, 3.8) is 0 Å². The standard InChI is InChI=1S/C61H117N2O7P/c1-7-10-13-16-19-22-25-27-28-29-30-31-32-33-34-36-39-41-44-47-50-53-60(64)62-58(57-69-71(66,67)68-56-55-63(4,5)6)59(52-49-46-43-40-38-35-26-23-20-17-14-11-8-2)70-61(65)54-51-48-45-42-37-24-21-18-15-12-9-3/h19,22,27-28,49,52,58-59H,7-18,20-21,23-26,29-48,50-51,53-57H2,1-6H3,(H-,62,64,66,67)/p+1/b22-19-,28-27-,52-49+. The van der Waals surface area contributed by atoms with Gasteiger partial charge in [-0.25, -0.2) is 4.57 Å². The Morgan fingerprint density at radius 1 is 0.493 bits per heavy atom. The number of quaternary nitrogens is 1. The van der Waals surface area contributed by atoms with Gasteiger partial charge in [-0.05, 0) is 63.9 Å². The molecule has 2 N–H and O–H groups in total. The summed E-state index contributed by atoms with van der Waals surface area (Å²) in [5.41, 5.74) is 0. The van der Waals surface area contributed by atoms with Crippen molar-refractivity contribution in [2.24, 2.45) is 0 Å². The lowest BCUT2D eigenvalue weighted by Crippen LogP contribution is -2.47. The molecular formula is C61H118N2O7P+. The normalized spacial score (nSPS) is 14.0. The molecule has 0 saturated carbocycles. The van der Waals surface area contributed by atoms with Crippen molar-refractivity contribution in [3.8, 4) is 0 Å². The minimum Gasteiger partial charge on any atom is -0.456 e. The van der Waals surface area contributed by atoms with Crippen LogP contribution in [-0.2, 0) is 27.9 Å². The van der Waals surface area contributed by atoms with Crippen LogP contribution in [0.3, 0.4) is 0 Å². The molecule has 0 aliphatic heterocycles. The molecule has 0 aromatic carbocycles. The van der Waals surface area contributed by atoms with Crippen LogP contribution in [0.2, 0.25) is 0 Å². The number of esters is 1. The highest BCUT2D eigenvalue weighted by Crippen LogP contribution is 2.43. The van der Waals surface area contributed by atoms with Gasteiger partial charge in [0.15, 0.2) is 0 Å². The van der Waals surface area contributed by atoms with Crippen LogP contribution in [0.1, 0.15) is 290 Å². The molecule has 418 valence electrons. The first-order valence-electron chi connectivity index (χ1n) is 30.3. The maximum Gasteiger partial charge on any atom is 0.472 e. The van der Waals surface area contributed by atoms with Crippen molar-refractivity contribution >= 4 is 19.7 Å². The number of hydrogen-bond acceptors (Lipinski definition) is 6. The topological polar surface area (TPSA) is 111 Å². The number of carbonyl (C=O) groups excluding carboxylic acids is 2. The van der Waals surface area contributed by atoms with E-state index >= 15 is 0 Å². The van der Waals surface area contributed by atoms with Crippen molar-refractivity contribution < 1.29 is 37.3 Å². The van der Waals surface area contributed by atoms with Gasteiger partial charge in [0, 0.05) is 12.8 Å². The van der Waals surface area contributed by atoms with E-state index in [0.29, 0.717) is 23.9 Å². The maximum absolute atomic E-state index is 13.5. The molecule has 71 heavy (non-hydrogen) atoms. The van der Waals surface area contributed by atoms with E-state index in [-0.39, 0.29) is 25.1 Å². The number of amides is 1. The molecule has 0 aromatic rings. The zero-order valence-corrected chi connectivity index (χ0v) is 48.6. The molecular weight excluding hydrogens is 904 g/mol. The van der Waals surface area contributed by atoms with Crippen LogP contribution in [0, 0.1) is 0 Å². The predicted molar refractivity (Wildman–Crippen MR) is 305 cm³/mol. The average molecular weight is 1020 g/mol. The average Bonchev–Trinajstić information content (AvgIpc) is 3.33. The van der Waals surface area contributed by atoms with Gasteiger partial charge in [-0.15, -0.1) is 0 Å². The molecule has 3 unspecified atom stereocenters. The van der Waals surface area contributed by atoms with E-state index in [1.807, 2.05) is 33.3 Å². The second-order valence-electron chi connectivity index (χ2n) is 21.9. The summed E-state index contributed by atoms with van der Waals surface area (Å²) in [6, 6.07) is -0.844. The van der Waals surface area contributed by atoms with E-state index in [4.69, 9.17) is 13.8 Å². The smallest absolute Gasteiger partial charge is 0.456 e. The van der Waals surface area contributed by atoms with E-state index in [1.54, 1.807) is 0 Å². The number of phosphoric acid groups is 1. The third kappa shape index (κ3) is 52.9. The Kier molecular flexibility index (Phi) is 50.4. The van der Waals surface area contributed by atoms with Crippen molar-refractivity contribution in [1.29, 1.82) is 0 Å². The summed E-state index contributed by atoms with van der Waals surface area (Å²) in [7, 11) is 1.50. The monoisotopic (exact) mass is 1020 g/mol. The summed E-state index contributed by atoms with van der Waals surface area (Å²) in [6.07, 6.45) is 61.3. The molecule has 0 bridgehead atoms. The minimum absolute atomic E-state index is 0.0421. The van der Waals surface area contributed by atoms with E-state index < -0.39 is 20.0 Å². The Labute approximate surface area is 440 Å². The molecule has 0 radical (unpaired) electrons. The molecule has 10 heteroatoms. The third-order valence-electron chi connectivity index (χ3n) is 13.6. The van der Waals surface area contributed by atoms with E-state index in [1.165, 1.54) is 193 Å². The Morgan fingerprint density at radius 3 is 1.30 bits per heavy atom. The number of unbranched alkanes of at least 4 members (excludes halogenated alkanes) is 35. The molecule has 0 saturated heterocycles. The second-order valence-corrected chi connectivity index (χ2v) is 23.3. The molecule has 9 nitrogen and oxygen atoms in total.